The highest BCUT2D eigenvalue weighted by Crippen LogP contribution is 2.17. The predicted molar refractivity (Wildman–Crippen MR) is 43.9 cm³/mol. The van der Waals surface area contributed by atoms with Crippen LogP contribution in [0.15, 0.2) is 0 Å². The van der Waals surface area contributed by atoms with E-state index in [0.29, 0.717) is 6.04 Å². The van der Waals surface area contributed by atoms with Gasteiger partial charge < -0.3 is 15.0 Å². The lowest BCUT2D eigenvalue weighted by atomic mass is 10.2. The molecule has 2 atom stereocenters. The van der Waals surface area contributed by atoms with Crippen LogP contribution in [0.3, 0.4) is 0 Å². The number of amides is 1. The SMILES string of the molecule is C[C@H]1CN([C@@H]2CCNC2)C(=O)O1. The lowest BCUT2D eigenvalue weighted by Crippen LogP contribution is -2.37. The van der Waals surface area contributed by atoms with E-state index in [9.17, 15) is 4.79 Å². The van der Waals surface area contributed by atoms with Gasteiger partial charge in [-0.25, -0.2) is 4.79 Å². The minimum absolute atomic E-state index is 0.0677. The van der Waals surface area contributed by atoms with Gasteiger partial charge in [0.2, 0.25) is 0 Å². The van der Waals surface area contributed by atoms with E-state index in [2.05, 4.69) is 5.32 Å². The van der Waals surface area contributed by atoms with Gasteiger partial charge in [-0.15, -0.1) is 0 Å². The second-order valence-corrected chi connectivity index (χ2v) is 3.49. The van der Waals surface area contributed by atoms with Crippen LogP contribution in [0.4, 0.5) is 4.79 Å². The van der Waals surface area contributed by atoms with Crippen LogP contribution in [-0.4, -0.2) is 42.8 Å². The molecule has 0 aliphatic carbocycles. The van der Waals surface area contributed by atoms with Gasteiger partial charge in [0.25, 0.3) is 0 Å². The summed E-state index contributed by atoms with van der Waals surface area (Å²) in [6, 6.07) is 0.363. The Balaban J connectivity index is 1.98. The normalized spacial score (nSPS) is 35.8. The van der Waals surface area contributed by atoms with Gasteiger partial charge in [0, 0.05) is 12.6 Å². The van der Waals surface area contributed by atoms with Crippen LogP contribution in [-0.2, 0) is 4.74 Å². The van der Waals surface area contributed by atoms with Gasteiger partial charge in [-0.3, -0.25) is 0 Å². The number of nitrogens with one attached hydrogen (secondary N) is 1. The van der Waals surface area contributed by atoms with Crippen LogP contribution >= 0.6 is 0 Å². The van der Waals surface area contributed by atoms with Crippen molar-refractivity contribution in [2.24, 2.45) is 0 Å². The van der Waals surface area contributed by atoms with E-state index < -0.39 is 0 Å². The lowest BCUT2D eigenvalue weighted by Gasteiger charge is -2.19. The molecule has 0 saturated carbocycles. The molecular formula is C8H14N2O2. The van der Waals surface area contributed by atoms with Gasteiger partial charge in [0.1, 0.15) is 6.10 Å². The first kappa shape index (κ1) is 7.86. The maximum absolute atomic E-state index is 11.2. The zero-order valence-electron chi connectivity index (χ0n) is 7.25. The Morgan fingerprint density at radius 1 is 1.67 bits per heavy atom. The molecule has 0 unspecified atom stereocenters. The Morgan fingerprint density at radius 2 is 2.50 bits per heavy atom. The molecule has 2 fully saturated rings. The second-order valence-electron chi connectivity index (χ2n) is 3.49. The summed E-state index contributed by atoms with van der Waals surface area (Å²) in [5.74, 6) is 0. The Bertz CT molecular complexity index is 189. The van der Waals surface area contributed by atoms with Crippen LogP contribution in [0.1, 0.15) is 13.3 Å². The quantitative estimate of drug-likeness (QED) is 0.610. The molecule has 12 heavy (non-hydrogen) atoms. The van der Waals surface area contributed by atoms with Crippen molar-refractivity contribution in [2.75, 3.05) is 19.6 Å². The molecule has 0 aromatic carbocycles. The molecule has 2 saturated heterocycles. The van der Waals surface area contributed by atoms with E-state index in [1.165, 1.54) is 0 Å². The molecule has 2 aliphatic heterocycles. The summed E-state index contributed by atoms with van der Waals surface area (Å²) >= 11 is 0. The summed E-state index contributed by atoms with van der Waals surface area (Å²) in [4.78, 5) is 13.1. The number of hydrogen-bond donors (Lipinski definition) is 1. The molecule has 4 nitrogen and oxygen atoms in total. The van der Waals surface area contributed by atoms with Crippen molar-refractivity contribution in [3.05, 3.63) is 0 Å². The summed E-state index contributed by atoms with van der Waals surface area (Å²) in [6.45, 7) is 4.62. The molecule has 0 spiro atoms. The van der Waals surface area contributed by atoms with Crippen LogP contribution in [0.5, 0.6) is 0 Å². The van der Waals surface area contributed by atoms with Crippen molar-refractivity contribution in [2.45, 2.75) is 25.5 Å². The standard InChI is InChI=1S/C8H14N2O2/c1-6-5-10(8(11)12-6)7-2-3-9-4-7/h6-7,9H,2-5H2,1H3/t6-,7+/m0/s1. The van der Waals surface area contributed by atoms with E-state index in [0.717, 1.165) is 26.1 Å². The second kappa shape index (κ2) is 2.94. The number of hydrogen-bond acceptors (Lipinski definition) is 3. The largest absolute Gasteiger partial charge is 0.444 e. The summed E-state index contributed by atoms with van der Waals surface area (Å²) in [6.07, 6.45) is 0.983. The minimum atomic E-state index is -0.142. The number of carbonyl (C=O) groups excluding carboxylic acids is 1. The first-order chi connectivity index (χ1) is 5.77. The Morgan fingerprint density at radius 3 is 3.00 bits per heavy atom. The predicted octanol–water partition coefficient (Wildman–Crippen LogP) is 0.189. The average molecular weight is 170 g/mol. The summed E-state index contributed by atoms with van der Waals surface area (Å²) in [5.41, 5.74) is 0. The van der Waals surface area contributed by atoms with E-state index in [4.69, 9.17) is 4.74 Å². The molecule has 0 aromatic heterocycles. The molecule has 68 valence electrons. The van der Waals surface area contributed by atoms with Gasteiger partial charge in [-0.05, 0) is 19.9 Å². The third-order valence-electron chi connectivity index (χ3n) is 2.47. The highest BCUT2D eigenvalue weighted by Gasteiger charge is 2.34. The highest BCUT2D eigenvalue weighted by atomic mass is 16.6. The van der Waals surface area contributed by atoms with Gasteiger partial charge in [-0.1, -0.05) is 0 Å². The topological polar surface area (TPSA) is 41.6 Å². The number of carbonyl (C=O) groups is 1. The summed E-state index contributed by atoms with van der Waals surface area (Å²) in [7, 11) is 0. The molecule has 4 heteroatoms. The van der Waals surface area contributed by atoms with E-state index in [1.54, 1.807) is 0 Å². The van der Waals surface area contributed by atoms with Crippen LogP contribution < -0.4 is 5.32 Å². The maximum Gasteiger partial charge on any atom is 0.410 e. The summed E-state index contributed by atoms with van der Waals surface area (Å²) in [5, 5.41) is 3.24. The smallest absolute Gasteiger partial charge is 0.410 e. The van der Waals surface area contributed by atoms with E-state index in [-0.39, 0.29) is 12.2 Å². The van der Waals surface area contributed by atoms with Crippen molar-refractivity contribution in [3.8, 4) is 0 Å². The molecule has 2 rings (SSSR count). The van der Waals surface area contributed by atoms with E-state index >= 15 is 0 Å². The number of nitrogens with zero attached hydrogens (tertiary/aromatic N) is 1. The number of ether oxygens (including phenoxy) is 1. The van der Waals surface area contributed by atoms with Crippen molar-refractivity contribution in [1.82, 2.24) is 10.2 Å². The van der Waals surface area contributed by atoms with E-state index in [1.807, 2.05) is 11.8 Å². The molecular weight excluding hydrogens is 156 g/mol. The minimum Gasteiger partial charge on any atom is -0.444 e. The molecule has 1 amide bonds. The molecule has 0 aromatic rings. The maximum atomic E-state index is 11.2. The zero-order chi connectivity index (χ0) is 8.55. The molecule has 2 heterocycles. The fourth-order valence-corrected chi connectivity index (χ4v) is 1.83. The van der Waals surface area contributed by atoms with Gasteiger partial charge in [-0.2, -0.15) is 0 Å². The fourth-order valence-electron chi connectivity index (χ4n) is 1.83. The fraction of sp³-hybridized carbons (Fsp3) is 0.875. The van der Waals surface area contributed by atoms with Crippen LogP contribution in [0.2, 0.25) is 0 Å². The van der Waals surface area contributed by atoms with Crippen molar-refractivity contribution < 1.29 is 9.53 Å². The Kier molecular flexibility index (Phi) is 1.92. The third-order valence-corrected chi connectivity index (χ3v) is 2.47. The van der Waals surface area contributed by atoms with Crippen molar-refractivity contribution in [1.29, 1.82) is 0 Å². The Labute approximate surface area is 71.9 Å². The molecule has 0 radical (unpaired) electrons. The Hall–Kier alpha value is -0.770. The van der Waals surface area contributed by atoms with Crippen molar-refractivity contribution in [3.63, 3.8) is 0 Å². The molecule has 2 aliphatic rings. The third kappa shape index (κ3) is 1.27. The lowest BCUT2D eigenvalue weighted by molar-refractivity contribution is 0.134. The first-order valence-electron chi connectivity index (χ1n) is 4.45. The van der Waals surface area contributed by atoms with Crippen molar-refractivity contribution >= 4 is 6.09 Å². The van der Waals surface area contributed by atoms with Gasteiger partial charge in [0.05, 0.1) is 6.54 Å². The molecule has 1 N–H and O–H groups in total. The van der Waals surface area contributed by atoms with Crippen LogP contribution in [0.25, 0.3) is 0 Å². The molecule has 0 bridgehead atoms. The first-order valence-corrected chi connectivity index (χ1v) is 4.45. The van der Waals surface area contributed by atoms with Gasteiger partial charge in [0.15, 0.2) is 0 Å². The van der Waals surface area contributed by atoms with Gasteiger partial charge >= 0.3 is 6.09 Å². The monoisotopic (exact) mass is 170 g/mol. The number of cyclic esters (lactones) is 1. The average Bonchev–Trinajstić information content (AvgIpc) is 2.58. The number of rotatable bonds is 1. The van der Waals surface area contributed by atoms with Crippen LogP contribution in [0, 0.1) is 0 Å². The summed E-state index contributed by atoms with van der Waals surface area (Å²) < 4.78 is 5.05. The highest BCUT2D eigenvalue weighted by molar-refractivity contribution is 5.70. The zero-order valence-corrected chi connectivity index (χ0v) is 7.25.